The molecule has 0 saturated carbocycles. The van der Waals surface area contributed by atoms with E-state index >= 15 is 0 Å². The van der Waals surface area contributed by atoms with Crippen molar-refractivity contribution >= 4 is 5.91 Å². The van der Waals surface area contributed by atoms with Crippen LogP contribution in [-0.2, 0) is 0 Å². The zero-order valence-corrected chi connectivity index (χ0v) is 14.4. The molecular weight excluding hydrogens is 300 g/mol. The summed E-state index contributed by atoms with van der Waals surface area (Å²) in [5.74, 6) is 0.789. The maximum Gasteiger partial charge on any atom is 0.254 e. The molecule has 2 heterocycles. The number of aromatic nitrogens is 2. The van der Waals surface area contributed by atoms with Crippen LogP contribution in [0.5, 0.6) is 0 Å². The third-order valence-corrected chi connectivity index (χ3v) is 4.71. The molecule has 1 saturated heterocycles. The second-order valence-electron chi connectivity index (χ2n) is 6.47. The van der Waals surface area contributed by atoms with E-state index in [2.05, 4.69) is 14.9 Å². The van der Waals surface area contributed by atoms with Crippen molar-refractivity contribution in [3.63, 3.8) is 0 Å². The van der Waals surface area contributed by atoms with Crippen LogP contribution in [0.2, 0.25) is 0 Å². The molecule has 0 aliphatic carbocycles. The zero-order valence-electron chi connectivity index (χ0n) is 14.4. The van der Waals surface area contributed by atoms with Crippen molar-refractivity contribution in [2.75, 3.05) is 33.2 Å². The average Bonchev–Trinajstić information content (AvgIpc) is 3.03. The molecule has 1 aromatic carbocycles. The molecule has 1 aliphatic heterocycles. The fraction of sp³-hybridized carbons (Fsp3) is 0.474. The van der Waals surface area contributed by atoms with E-state index in [0.717, 1.165) is 37.6 Å². The number of rotatable bonds is 5. The number of aromatic amines is 1. The molecule has 3 rings (SSSR count). The number of carbonyl (C=O) groups excluding carboxylic acids is 1. The summed E-state index contributed by atoms with van der Waals surface area (Å²) in [6, 6.07) is 7.66. The first-order valence-electron chi connectivity index (χ1n) is 8.82. The maximum atomic E-state index is 12.9. The Labute approximate surface area is 143 Å². The number of imidazole rings is 1. The fourth-order valence-corrected chi connectivity index (χ4v) is 3.25. The van der Waals surface area contributed by atoms with Gasteiger partial charge in [-0.05, 0) is 32.0 Å². The number of H-pyrrole nitrogens is 1. The summed E-state index contributed by atoms with van der Waals surface area (Å²) in [4.78, 5) is 24.5. The second kappa shape index (κ2) is 8.11. The van der Waals surface area contributed by atoms with Crippen molar-refractivity contribution in [1.29, 1.82) is 0 Å². The molecule has 1 aromatic heterocycles. The van der Waals surface area contributed by atoms with Crippen LogP contribution in [0.4, 0.5) is 0 Å². The molecule has 24 heavy (non-hydrogen) atoms. The minimum absolute atomic E-state index is 0.0526. The second-order valence-corrected chi connectivity index (χ2v) is 6.47. The molecule has 1 amide bonds. The largest absolute Gasteiger partial charge is 0.345 e. The predicted octanol–water partition coefficient (Wildman–Crippen LogP) is 3.02. The Morgan fingerprint density at radius 1 is 1.21 bits per heavy atom. The highest BCUT2D eigenvalue weighted by atomic mass is 16.2. The Morgan fingerprint density at radius 2 is 1.96 bits per heavy atom. The monoisotopic (exact) mass is 326 g/mol. The molecule has 1 fully saturated rings. The van der Waals surface area contributed by atoms with E-state index in [1.54, 1.807) is 12.4 Å². The topological polar surface area (TPSA) is 52.2 Å². The summed E-state index contributed by atoms with van der Waals surface area (Å²) in [5.41, 5.74) is 1.56. The lowest BCUT2D eigenvalue weighted by molar-refractivity contribution is 0.0779. The van der Waals surface area contributed by atoms with E-state index in [4.69, 9.17) is 0 Å². The summed E-state index contributed by atoms with van der Waals surface area (Å²) < 4.78 is 0. The summed E-state index contributed by atoms with van der Waals surface area (Å²) in [5, 5.41) is 0. The van der Waals surface area contributed by atoms with Gasteiger partial charge in [0.2, 0.25) is 0 Å². The molecule has 0 spiro atoms. The smallest absolute Gasteiger partial charge is 0.254 e. The predicted molar refractivity (Wildman–Crippen MR) is 95.9 cm³/mol. The van der Waals surface area contributed by atoms with Gasteiger partial charge in [-0.25, -0.2) is 4.98 Å². The molecule has 0 atom stereocenters. The average molecular weight is 326 g/mol. The van der Waals surface area contributed by atoms with Gasteiger partial charge >= 0.3 is 0 Å². The summed E-state index contributed by atoms with van der Waals surface area (Å²) in [6.45, 7) is 4.02. The Morgan fingerprint density at radius 3 is 2.67 bits per heavy atom. The van der Waals surface area contributed by atoms with Crippen molar-refractivity contribution in [2.24, 2.45) is 0 Å². The van der Waals surface area contributed by atoms with E-state index in [0.29, 0.717) is 5.56 Å². The third kappa shape index (κ3) is 4.03. The first-order valence-corrected chi connectivity index (χ1v) is 8.82. The lowest BCUT2D eigenvalue weighted by atomic mass is 10.1. The van der Waals surface area contributed by atoms with Crippen LogP contribution in [0, 0.1) is 0 Å². The quantitative estimate of drug-likeness (QED) is 0.919. The normalized spacial score (nSPS) is 15.9. The highest BCUT2D eigenvalue weighted by molar-refractivity contribution is 6.00. The molecule has 2 aromatic rings. The lowest BCUT2D eigenvalue weighted by Gasteiger charge is -2.24. The van der Waals surface area contributed by atoms with Gasteiger partial charge in [-0.2, -0.15) is 0 Å². The van der Waals surface area contributed by atoms with Crippen LogP contribution in [0.25, 0.3) is 11.4 Å². The van der Waals surface area contributed by atoms with Gasteiger partial charge in [-0.1, -0.05) is 31.0 Å². The van der Waals surface area contributed by atoms with Gasteiger partial charge in [0.15, 0.2) is 0 Å². The van der Waals surface area contributed by atoms with Crippen LogP contribution in [0.15, 0.2) is 36.7 Å². The summed E-state index contributed by atoms with van der Waals surface area (Å²) >= 11 is 0. The molecule has 128 valence electrons. The van der Waals surface area contributed by atoms with Crippen LogP contribution in [-0.4, -0.2) is 58.9 Å². The van der Waals surface area contributed by atoms with E-state index in [1.807, 2.05) is 36.2 Å². The van der Waals surface area contributed by atoms with E-state index in [-0.39, 0.29) is 5.91 Å². The number of carbonyl (C=O) groups is 1. The van der Waals surface area contributed by atoms with Crippen LogP contribution < -0.4 is 0 Å². The molecule has 0 unspecified atom stereocenters. The van der Waals surface area contributed by atoms with Gasteiger partial charge in [0.25, 0.3) is 5.91 Å². The van der Waals surface area contributed by atoms with E-state index in [1.165, 1.54) is 25.7 Å². The van der Waals surface area contributed by atoms with E-state index in [9.17, 15) is 4.79 Å². The minimum Gasteiger partial charge on any atom is -0.345 e. The Bertz CT molecular complexity index is 645. The van der Waals surface area contributed by atoms with Gasteiger partial charge < -0.3 is 14.8 Å². The lowest BCUT2D eigenvalue weighted by Crippen LogP contribution is -2.37. The van der Waals surface area contributed by atoms with Crippen molar-refractivity contribution in [2.45, 2.75) is 25.7 Å². The van der Waals surface area contributed by atoms with Crippen molar-refractivity contribution in [3.05, 3.63) is 42.2 Å². The number of likely N-dealkylation sites (N-methyl/N-ethyl adjacent to an activating group) is 1. The molecule has 5 heteroatoms. The first kappa shape index (κ1) is 16.7. The fourth-order valence-electron chi connectivity index (χ4n) is 3.25. The van der Waals surface area contributed by atoms with Gasteiger partial charge in [0.05, 0.1) is 5.56 Å². The van der Waals surface area contributed by atoms with Gasteiger partial charge in [0, 0.05) is 38.1 Å². The van der Waals surface area contributed by atoms with Crippen LogP contribution >= 0.6 is 0 Å². The number of likely N-dealkylation sites (tertiary alicyclic amines) is 1. The van der Waals surface area contributed by atoms with Gasteiger partial charge in [0.1, 0.15) is 5.82 Å². The molecule has 5 nitrogen and oxygen atoms in total. The minimum atomic E-state index is 0.0526. The van der Waals surface area contributed by atoms with Crippen molar-refractivity contribution in [1.82, 2.24) is 19.8 Å². The molecule has 0 bridgehead atoms. The number of nitrogens with zero attached hydrogens (tertiary/aromatic N) is 3. The Kier molecular flexibility index (Phi) is 5.64. The Hall–Kier alpha value is -2.14. The SMILES string of the molecule is CN(CCN1CCCCCC1)C(=O)c1ccccc1-c1ncc[nH]1. The highest BCUT2D eigenvalue weighted by Crippen LogP contribution is 2.21. The molecule has 1 aliphatic rings. The Balaban J connectivity index is 1.65. The number of nitrogens with one attached hydrogen (secondary N) is 1. The first-order chi connectivity index (χ1) is 11.8. The number of benzene rings is 1. The number of amides is 1. The summed E-state index contributed by atoms with van der Waals surface area (Å²) in [6.07, 6.45) is 8.71. The standard InChI is InChI=1S/C19H26N4O/c1-22(14-15-23-12-6-2-3-7-13-23)19(24)17-9-5-4-8-16(17)18-20-10-11-21-18/h4-5,8-11H,2-3,6-7,12-15H2,1H3,(H,20,21). The molecular formula is C19H26N4O. The van der Waals surface area contributed by atoms with Crippen molar-refractivity contribution < 1.29 is 4.79 Å². The maximum absolute atomic E-state index is 12.9. The zero-order chi connectivity index (χ0) is 16.8. The highest BCUT2D eigenvalue weighted by Gasteiger charge is 2.18. The van der Waals surface area contributed by atoms with Crippen LogP contribution in [0.3, 0.4) is 0 Å². The van der Waals surface area contributed by atoms with Crippen LogP contribution in [0.1, 0.15) is 36.0 Å². The number of hydrogen-bond donors (Lipinski definition) is 1. The molecule has 0 radical (unpaired) electrons. The van der Waals surface area contributed by atoms with E-state index < -0.39 is 0 Å². The summed E-state index contributed by atoms with van der Waals surface area (Å²) in [7, 11) is 1.89. The van der Waals surface area contributed by atoms with Gasteiger partial charge in [-0.3, -0.25) is 4.79 Å². The van der Waals surface area contributed by atoms with Gasteiger partial charge in [-0.15, -0.1) is 0 Å². The third-order valence-electron chi connectivity index (χ3n) is 4.71. The molecule has 1 N–H and O–H groups in total. The van der Waals surface area contributed by atoms with Crippen molar-refractivity contribution in [3.8, 4) is 11.4 Å². The number of hydrogen-bond acceptors (Lipinski definition) is 3.